The fraction of sp³-hybridized carbons (Fsp3) is 1.00. The van der Waals surface area contributed by atoms with E-state index in [1.165, 1.54) is 58.5 Å². The number of quaternary nitrogens is 3. The van der Waals surface area contributed by atoms with Crippen LogP contribution in [0.5, 0.6) is 0 Å². The van der Waals surface area contributed by atoms with Crippen LogP contribution in [0.1, 0.15) is 60.8 Å². The van der Waals surface area contributed by atoms with E-state index >= 15 is 0 Å². The standard InChI is InChI=1S/3C7H18N.3BrH/c3*1-5-7-8(3,4)6-2;;;/h3*5-7H2,1-4H3;3*1H/q3*+1;;;/p-3. The van der Waals surface area contributed by atoms with Crippen molar-refractivity contribution in [3.63, 3.8) is 0 Å². The Morgan fingerprint density at radius 1 is 0.370 bits per heavy atom. The second-order valence-electron chi connectivity index (χ2n) is 8.93. The molecule has 0 amide bonds. The van der Waals surface area contributed by atoms with Gasteiger partial charge in [0.2, 0.25) is 0 Å². The quantitative estimate of drug-likeness (QED) is 0.239. The molecule has 0 rings (SSSR count). The predicted octanol–water partition coefficient (Wildman–Crippen LogP) is -4.51. The first kappa shape index (κ1) is 42.4. The normalized spacial score (nSPS) is 10.7. The van der Waals surface area contributed by atoms with Gasteiger partial charge in [-0.15, -0.1) is 0 Å². The van der Waals surface area contributed by atoms with Crippen LogP contribution in [0.25, 0.3) is 0 Å². The van der Waals surface area contributed by atoms with Gasteiger partial charge < -0.3 is 64.4 Å². The molecule has 0 aromatic carbocycles. The van der Waals surface area contributed by atoms with Crippen molar-refractivity contribution >= 4 is 0 Å². The highest BCUT2D eigenvalue weighted by Crippen LogP contribution is 1.97. The van der Waals surface area contributed by atoms with Crippen LogP contribution in [0.3, 0.4) is 0 Å². The summed E-state index contributed by atoms with van der Waals surface area (Å²) in [6.07, 6.45) is 3.88. The minimum atomic E-state index is 0. The summed E-state index contributed by atoms with van der Waals surface area (Å²) in [7, 11) is 13.6. The molecular formula is C21H54Br3N3. The van der Waals surface area contributed by atoms with E-state index in [2.05, 4.69) is 83.8 Å². The van der Waals surface area contributed by atoms with Crippen molar-refractivity contribution in [1.29, 1.82) is 0 Å². The molecule has 0 aliphatic carbocycles. The molecule has 0 unspecified atom stereocenters. The summed E-state index contributed by atoms with van der Waals surface area (Å²) in [6, 6.07) is 0. The van der Waals surface area contributed by atoms with Gasteiger partial charge >= 0.3 is 0 Å². The molecule has 0 aliphatic heterocycles. The minimum Gasteiger partial charge on any atom is -1.00 e. The highest BCUT2D eigenvalue weighted by molar-refractivity contribution is 4.27. The highest BCUT2D eigenvalue weighted by atomic mass is 79.9. The van der Waals surface area contributed by atoms with E-state index in [9.17, 15) is 0 Å². The minimum absolute atomic E-state index is 0. The van der Waals surface area contributed by atoms with Gasteiger partial charge in [0, 0.05) is 0 Å². The van der Waals surface area contributed by atoms with Crippen LogP contribution in [0.15, 0.2) is 0 Å². The maximum Gasteiger partial charge on any atom is 0.0779 e. The Bertz CT molecular complexity index is 229. The van der Waals surface area contributed by atoms with Crippen molar-refractivity contribution in [2.75, 3.05) is 81.6 Å². The number of rotatable bonds is 9. The van der Waals surface area contributed by atoms with Crippen LogP contribution in [-0.2, 0) is 0 Å². The van der Waals surface area contributed by atoms with E-state index in [1.807, 2.05) is 0 Å². The van der Waals surface area contributed by atoms with Crippen molar-refractivity contribution in [1.82, 2.24) is 0 Å². The second kappa shape index (κ2) is 23.6. The van der Waals surface area contributed by atoms with Gasteiger partial charge in [-0.1, -0.05) is 20.8 Å². The van der Waals surface area contributed by atoms with Crippen LogP contribution >= 0.6 is 0 Å². The summed E-state index contributed by atoms with van der Waals surface area (Å²) < 4.78 is 3.49. The monoisotopic (exact) mass is 585 g/mol. The zero-order valence-corrected chi connectivity index (χ0v) is 25.6. The zero-order valence-electron chi connectivity index (χ0n) is 20.8. The molecule has 0 fully saturated rings. The van der Waals surface area contributed by atoms with Crippen molar-refractivity contribution < 1.29 is 64.4 Å². The first-order valence-corrected chi connectivity index (χ1v) is 10.3. The molecule has 0 atom stereocenters. The van der Waals surface area contributed by atoms with Crippen LogP contribution in [-0.4, -0.2) is 95.0 Å². The van der Waals surface area contributed by atoms with Gasteiger partial charge in [-0.3, -0.25) is 0 Å². The van der Waals surface area contributed by atoms with E-state index in [0.717, 1.165) is 13.4 Å². The third-order valence-corrected chi connectivity index (χ3v) is 5.05. The summed E-state index contributed by atoms with van der Waals surface area (Å²) in [5, 5.41) is 0. The number of nitrogens with zero attached hydrogens (tertiary/aromatic N) is 3. The molecular weight excluding hydrogens is 534 g/mol. The number of halogens is 3. The molecule has 27 heavy (non-hydrogen) atoms. The summed E-state index contributed by atoms with van der Waals surface area (Å²) in [5.41, 5.74) is 0. The van der Waals surface area contributed by atoms with Crippen molar-refractivity contribution in [3.05, 3.63) is 0 Å². The second-order valence-corrected chi connectivity index (χ2v) is 8.93. The largest absolute Gasteiger partial charge is 1.00 e. The molecule has 0 radical (unpaired) electrons. The summed E-state index contributed by atoms with van der Waals surface area (Å²) in [6.45, 7) is 21.0. The fourth-order valence-corrected chi connectivity index (χ4v) is 2.29. The smallest absolute Gasteiger partial charge is 0.0779 e. The lowest BCUT2D eigenvalue weighted by Crippen LogP contribution is -3.00. The lowest BCUT2D eigenvalue weighted by atomic mass is 10.4. The fourth-order valence-electron chi connectivity index (χ4n) is 2.29. The van der Waals surface area contributed by atoms with Gasteiger partial charge in [0.25, 0.3) is 0 Å². The topological polar surface area (TPSA) is 0 Å². The van der Waals surface area contributed by atoms with Crippen LogP contribution in [0, 0.1) is 0 Å². The van der Waals surface area contributed by atoms with Crippen molar-refractivity contribution in [2.24, 2.45) is 0 Å². The average molecular weight is 588 g/mol. The lowest BCUT2D eigenvalue weighted by Gasteiger charge is -2.27. The van der Waals surface area contributed by atoms with E-state index in [1.54, 1.807) is 0 Å². The Morgan fingerprint density at radius 2 is 0.519 bits per heavy atom. The Kier molecular flexibility index (Phi) is 37.1. The zero-order chi connectivity index (χ0) is 19.9. The molecule has 6 heteroatoms. The predicted molar refractivity (Wildman–Crippen MR) is 113 cm³/mol. The van der Waals surface area contributed by atoms with Crippen LogP contribution in [0.2, 0.25) is 0 Å². The summed E-state index contributed by atoms with van der Waals surface area (Å²) >= 11 is 0. The Morgan fingerprint density at radius 3 is 0.556 bits per heavy atom. The maximum absolute atomic E-state index is 2.27. The Balaban J connectivity index is -0.0000000580. The van der Waals surface area contributed by atoms with Crippen molar-refractivity contribution in [2.45, 2.75) is 60.8 Å². The summed E-state index contributed by atoms with van der Waals surface area (Å²) in [4.78, 5) is 0. The van der Waals surface area contributed by atoms with Gasteiger partial charge in [-0.2, -0.15) is 0 Å². The molecule has 0 bridgehead atoms. The molecule has 0 N–H and O–H groups in total. The first-order chi connectivity index (χ1) is 10.9. The SMILES string of the molecule is CCC[N+](C)(C)CC.CCC[N+](C)(C)CC.CCC[N+](C)(C)CC.[Br-].[Br-].[Br-]. The molecule has 0 heterocycles. The number of hydrogen-bond donors (Lipinski definition) is 0. The van der Waals surface area contributed by atoms with Gasteiger partial charge in [-0.25, -0.2) is 0 Å². The molecule has 0 saturated heterocycles. The molecule has 0 spiro atoms. The molecule has 0 aromatic heterocycles. The van der Waals surface area contributed by atoms with Gasteiger partial charge in [0.15, 0.2) is 0 Å². The van der Waals surface area contributed by atoms with E-state index < -0.39 is 0 Å². The third kappa shape index (κ3) is 35.2. The van der Waals surface area contributed by atoms with E-state index in [-0.39, 0.29) is 50.9 Å². The molecule has 0 saturated carbocycles. The van der Waals surface area contributed by atoms with Gasteiger partial charge in [0.1, 0.15) is 0 Å². The molecule has 174 valence electrons. The number of hydrogen-bond acceptors (Lipinski definition) is 0. The maximum atomic E-state index is 2.27. The van der Waals surface area contributed by atoms with Gasteiger partial charge in [-0.05, 0) is 40.0 Å². The van der Waals surface area contributed by atoms with Crippen molar-refractivity contribution in [3.8, 4) is 0 Å². The Hall–Kier alpha value is 1.32. The van der Waals surface area contributed by atoms with E-state index in [0.29, 0.717) is 0 Å². The molecule has 3 nitrogen and oxygen atoms in total. The lowest BCUT2D eigenvalue weighted by molar-refractivity contribution is -0.888. The first-order valence-electron chi connectivity index (χ1n) is 10.3. The van der Waals surface area contributed by atoms with E-state index in [4.69, 9.17) is 0 Å². The Labute approximate surface area is 205 Å². The average Bonchev–Trinajstić information content (AvgIpc) is 2.48. The third-order valence-electron chi connectivity index (χ3n) is 5.05. The summed E-state index contributed by atoms with van der Waals surface area (Å²) in [5.74, 6) is 0. The molecule has 0 aliphatic rings. The van der Waals surface area contributed by atoms with Crippen LogP contribution in [0.4, 0.5) is 0 Å². The van der Waals surface area contributed by atoms with Gasteiger partial charge in [0.05, 0.1) is 81.6 Å². The highest BCUT2D eigenvalue weighted by Gasteiger charge is 2.08. The molecule has 0 aromatic rings. The van der Waals surface area contributed by atoms with Crippen LogP contribution < -0.4 is 50.9 Å².